The number of fused-ring (bicyclic) bond motifs is 1. The highest BCUT2D eigenvalue weighted by Crippen LogP contribution is 2.47. The summed E-state index contributed by atoms with van der Waals surface area (Å²) in [5, 5.41) is 39.3. The van der Waals surface area contributed by atoms with Gasteiger partial charge in [-0.15, -0.1) is 0 Å². The van der Waals surface area contributed by atoms with Gasteiger partial charge in [-0.1, -0.05) is 31.2 Å². The minimum absolute atomic E-state index is 0.0338. The van der Waals surface area contributed by atoms with E-state index >= 15 is 0 Å². The number of benzene rings is 2. The normalized spacial score (nSPS) is 24.0. The molecule has 3 heterocycles. The van der Waals surface area contributed by atoms with Crippen LogP contribution in [0.4, 0.5) is 17.1 Å². The van der Waals surface area contributed by atoms with Crippen molar-refractivity contribution in [1.82, 2.24) is 10.2 Å². The fraction of sp³-hybridized carbons (Fsp3) is 0.469. The molecule has 2 aromatic carbocycles. The summed E-state index contributed by atoms with van der Waals surface area (Å²) in [6.07, 6.45) is 6.53. The number of nitro groups is 1. The first-order valence-corrected chi connectivity index (χ1v) is 15.1. The summed E-state index contributed by atoms with van der Waals surface area (Å²) in [7, 11) is 0. The van der Waals surface area contributed by atoms with E-state index in [1.807, 2.05) is 0 Å². The SMILES string of the molecule is C[C@H](/C=C/CC(=O)N1CCC[C@H]1CO)[C@@]1(O)C(=O)N(Cc2cccc(NC(=O)C3CCCNC3)c2)c2ccc([N+](=O)[O-])cc21. The second-order valence-corrected chi connectivity index (χ2v) is 11.8. The van der Waals surface area contributed by atoms with Gasteiger partial charge in [-0.2, -0.15) is 0 Å². The predicted octanol–water partition coefficient (Wildman–Crippen LogP) is 2.83. The first-order valence-electron chi connectivity index (χ1n) is 15.1. The number of rotatable bonds is 10. The van der Waals surface area contributed by atoms with E-state index < -0.39 is 22.3 Å². The molecule has 3 amide bonds. The molecule has 0 radical (unpaired) electrons. The van der Waals surface area contributed by atoms with Crippen LogP contribution < -0.4 is 15.5 Å². The van der Waals surface area contributed by atoms with E-state index in [1.54, 1.807) is 48.2 Å². The summed E-state index contributed by atoms with van der Waals surface area (Å²) in [5.74, 6) is -1.82. The molecule has 3 aliphatic heterocycles. The number of non-ortho nitro benzene ring substituents is 1. The minimum Gasteiger partial charge on any atom is -0.394 e. The molecule has 0 spiro atoms. The topological polar surface area (TPSA) is 165 Å². The third-order valence-corrected chi connectivity index (χ3v) is 8.95. The van der Waals surface area contributed by atoms with Crippen LogP contribution in [0.25, 0.3) is 0 Å². The van der Waals surface area contributed by atoms with Crippen molar-refractivity contribution >= 4 is 34.8 Å². The van der Waals surface area contributed by atoms with Gasteiger partial charge in [-0.05, 0) is 56.0 Å². The largest absolute Gasteiger partial charge is 0.394 e. The highest BCUT2D eigenvalue weighted by Gasteiger charge is 2.53. The number of carbonyl (C=O) groups excluding carboxylic acids is 3. The second-order valence-electron chi connectivity index (χ2n) is 11.8. The van der Waals surface area contributed by atoms with Crippen molar-refractivity contribution in [2.24, 2.45) is 11.8 Å². The molecule has 3 aliphatic rings. The van der Waals surface area contributed by atoms with Crippen LogP contribution in [0.5, 0.6) is 0 Å². The zero-order chi connectivity index (χ0) is 31.4. The van der Waals surface area contributed by atoms with Crippen LogP contribution in [0.15, 0.2) is 54.6 Å². The van der Waals surface area contributed by atoms with Crippen molar-refractivity contribution in [3.05, 3.63) is 75.9 Å². The second kappa shape index (κ2) is 13.2. The first kappa shape index (κ1) is 31.3. The van der Waals surface area contributed by atoms with Crippen LogP contribution in [0.1, 0.15) is 50.2 Å². The van der Waals surface area contributed by atoms with Crippen molar-refractivity contribution in [1.29, 1.82) is 0 Å². The number of hydrogen-bond acceptors (Lipinski definition) is 8. The quantitative estimate of drug-likeness (QED) is 0.182. The van der Waals surface area contributed by atoms with E-state index in [1.165, 1.54) is 23.1 Å². The lowest BCUT2D eigenvalue weighted by atomic mass is 9.82. The summed E-state index contributed by atoms with van der Waals surface area (Å²) in [6, 6.07) is 10.9. The van der Waals surface area contributed by atoms with E-state index in [0.29, 0.717) is 30.0 Å². The molecule has 0 aromatic heterocycles. The molecule has 2 saturated heterocycles. The molecule has 0 bridgehead atoms. The van der Waals surface area contributed by atoms with Crippen LogP contribution in [-0.4, -0.2) is 70.0 Å². The molecule has 44 heavy (non-hydrogen) atoms. The van der Waals surface area contributed by atoms with Crippen LogP contribution in [0.3, 0.4) is 0 Å². The molecule has 1 unspecified atom stereocenters. The van der Waals surface area contributed by atoms with Crippen LogP contribution >= 0.6 is 0 Å². The number of aliphatic hydroxyl groups is 2. The van der Waals surface area contributed by atoms with Gasteiger partial charge in [0.2, 0.25) is 11.8 Å². The average molecular weight is 606 g/mol. The molecule has 0 saturated carbocycles. The Bertz CT molecular complexity index is 1460. The van der Waals surface area contributed by atoms with E-state index in [-0.39, 0.29) is 54.6 Å². The number of aliphatic hydroxyl groups excluding tert-OH is 1. The van der Waals surface area contributed by atoms with Gasteiger partial charge in [0.15, 0.2) is 5.60 Å². The van der Waals surface area contributed by atoms with Crippen LogP contribution in [0, 0.1) is 22.0 Å². The minimum atomic E-state index is -2.11. The molecule has 4 N–H and O–H groups in total. The van der Waals surface area contributed by atoms with Gasteiger partial charge in [-0.3, -0.25) is 24.5 Å². The highest BCUT2D eigenvalue weighted by molar-refractivity contribution is 6.07. The maximum atomic E-state index is 14.0. The third kappa shape index (κ3) is 6.23. The van der Waals surface area contributed by atoms with E-state index in [2.05, 4.69) is 10.6 Å². The van der Waals surface area contributed by atoms with E-state index in [4.69, 9.17) is 0 Å². The number of piperidine rings is 1. The summed E-state index contributed by atoms with van der Waals surface area (Å²) < 4.78 is 0. The van der Waals surface area contributed by atoms with Crippen LogP contribution in [0.2, 0.25) is 0 Å². The number of nitrogens with zero attached hydrogens (tertiary/aromatic N) is 3. The Morgan fingerprint density at radius 2 is 2.05 bits per heavy atom. The summed E-state index contributed by atoms with van der Waals surface area (Å²) in [5.41, 5.74) is -0.605. The first-order chi connectivity index (χ1) is 21.1. The summed E-state index contributed by atoms with van der Waals surface area (Å²) in [6.45, 7) is 3.69. The van der Waals surface area contributed by atoms with Gasteiger partial charge in [-0.25, -0.2) is 0 Å². The smallest absolute Gasteiger partial charge is 0.269 e. The zero-order valence-electron chi connectivity index (χ0n) is 24.8. The number of amides is 3. The molecule has 0 aliphatic carbocycles. The lowest BCUT2D eigenvalue weighted by Gasteiger charge is -2.28. The van der Waals surface area contributed by atoms with Crippen molar-refractivity contribution in [2.45, 2.75) is 57.2 Å². The Kier molecular flexibility index (Phi) is 9.42. The number of nitrogens with one attached hydrogen (secondary N) is 2. The van der Waals surface area contributed by atoms with E-state index in [9.17, 15) is 34.7 Å². The predicted molar refractivity (Wildman–Crippen MR) is 164 cm³/mol. The molecule has 2 aromatic rings. The zero-order valence-corrected chi connectivity index (χ0v) is 24.8. The molecule has 5 rings (SSSR count). The molecular weight excluding hydrogens is 566 g/mol. The maximum Gasteiger partial charge on any atom is 0.269 e. The maximum absolute atomic E-state index is 14.0. The fourth-order valence-electron chi connectivity index (χ4n) is 6.44. The number of anilines is 2. The number of carbonyl (C=O) groups is 3. The van der Waals surface area contributed by atoms with Gasteiger partial charge < -0.3 is 30.6 Å². The molecular formula is C32H39N5O7. The molecule has 12 heteroatoms. The average Bonchev–Trinajstić information content (AvgIpc) is 3.59. The Morgan fingerprint density at radius 3 is 2.77 bits per heavy atom. The molecule has 2 fully saturated rings. The van der Waals surface area contributed by atoms with Gasteiger partial charge >= 0.3 is 0 Å². The van der Waals surface area contributed by atoms with Crippen molar-refractivity contribution in [3.8, 4) is 0 Å². The number of nitro benzene ring substituents is 1. The van der Waals surface area contributed by atoms with Crippen molar-refractivity contribution < 1.29 is 29.5 Å². The molecule has 4 atom stereocenters. The van der Waals surface area contributed by atoms with Gasteiger partial charge in [0.05, 0.1) is 35.7 Å². The Morgan fingerprint density at radius 1 is 1.23 bits per heavy atom. The lowest BCUT2D eigenvalue weighted by molar-refractivity contribution is -0.385. The monoisotopic (exact) mass is 605 g/mol. The summed E-state index contributed by atoms with van der Waals surface area (Å²) in [4.78, 5) is 53.6. The van der Waals surface area contributed by atoms with Crippen molar-refractivity contribution in [3.63, 3.8) is 0 Å². The Labute approximate surface area is 255 Å². The third-order valence-electron chi connectivity index (χ3n) is 8.95. The number of likely N-dealkylation sites (tertiary alicyclic amines) is 1. The molecule has 234 valence electrons. The Balaban J connectivity index is 1.36. The van der Waals surface area contributed by atoms with E-state index in [0.717, 1.165) is 32.2 Å². The fourth-order valence-corrected chi connectivity index (χ4v) is 6.44. The van der Waals surface area contributed by atoms with Gasteiger partial charge in [0.1, 0.15) is 0 Å². The number of hydrogen-bond donors (Lipinski definition) is 4. The molecule has 12 nitrogen and oxygen atoms in total. The standard InChI is InChI=1S/C32H39N5O7/c1-21(6-2-11-29(39)35-15-5-10-26(35)20-38)32(42)27-17-25(37(43)44)12-13-28(27)36(31(32)41)19-22-7-3-9-24(16-22)34-30(40)23-8-4-14-33-18-23/h2-3,6-7,9,12-13,16-17,21,23,26,33,38,42H,4-5,8,10-11,14-15,18-20H2,1H3,(H,34,40)/b6-2+/t21-,23?,26+,32+/m1/s1. The van der Waals surface area contributed by atoms with Crippen LogP contribution in [-0.2, 0) is 26.5 Å². The Hall–Kier alpha value is -4.13. The lowest BCUT2D eigenvalue weighted by Crippen LogP contribution is -2.44. The van der Waals surface area contributed by atoms with Crippen molar-refractivity contribution in [2.75, 3.05) is 36.5 Å². The highest BCUT2D eigenvalue weighted by atomic mass is 16.6. The van der Waals surface area contributed by atoms with Gasteiger partial charge in [0, 0.05) is 48.8 Å². The summed E-state index contributed by atoms with van der Waals surface area (Å²) >= 11 is 0. The van der Waals surface area contributed by atoms with Gasteiger partial charge in [0.25, 0.3) is 11.6 Å².